The van der Waals surface area contributed by atoms with Crippen LogP contribution in [0, 0.1) is 5.92 Å². The molecule has 0 unspecified atom stereocenters. The van der Waals surface area contributed by atoms with E-state index < -0.39 is 0 Å². The van der Waals surface area contributed by atoms with E-state index in [9.17, 15) is 4.79 Å². The van der Waals surface area contributed by atoms with Crippen LogP contribution in [-0.4, -0.2) is 43.6 Å². The summed E-state index contributed by atoms with van der Waals surface area (Å²) in [5.74, 6) is 2.41. The summed E-state index contributed by atoms with van der Waals surface area (Å²) in [4.78, 5) is 25.3. The molecule has 156 valence electrons. The van der Waals surface area contributed by atoms with E-state index in [0.717, 1.165) is 43.0 Å². The van der Waals surface area contributed by atoms with E-state index >= 15 is 0 Å². The Hall–Kier alpha value is -3.23. The first kappa shape index (κ1) is 18.8. The highest BCUT2D eigenvalue weighted by Gasteiger charge is 2.28. The van der Waals surface area contributed by atoms with Crippen LogP contribution in [0.25, 0.3) is 5.65 Å². The minimum atomic E-state index is 0.206. The molecule has 2 saturated carbocycles. The molecule has 3 aromatic heterocycles. The van der Waals surface area contributed by atoms with Crippen molar-refractivity contribution in [1.29, 1.82) is 0 Å². The van der Waals surface area contributed by atoms with Crippen LogP contribution in [0.4, 0.5) is 17.5 Å². The number of pyridine rings is 1. The molecule has 3 aromatic rings. The lowest BCUT2D eigenvalue weighted by Crippen LogP contribution is -2.35. The van der Waals surface area contributed by atoms with Crippen molar-refractivity contribution >= 4 is 29.0 Å². The lowest BCUT2D eigenvalue weighted by molar-refractivity contribution is -0.127. The summed E-state index contributed by atoms with van der Waals surface area (Å²) >= 11 is 0. The zero-order valence-electron chi connectivity index (χ0n) is 16.8. The Morgan fingerprint density at radius 3 is 2.83 bits per heavy atom. The van der Waals surface area contributed by atoms with E-state index in [0.29, 0.717) is 18.4 Å². The maximum absolute atomic E-state index is 11.9. The van der Waals surface area contributed by atoms with Gasteiger partial charge in [-0.15, -0.1) is 0 Å². The third-order valence-electron chi connectivity index (χ3n) is 5.79. The van der Waals surface area contributed by atoms with Gasteiger partial charge in [-0.05, 0) is 50.2 Å². The summed E-state index contributed by atoms with van der Waals surface area (Å²) in [6.07, 6.45) is 11.8. The molecule has 0 bridgehead atoms. The van der Waals surface area contributed by atoms with Crippen molar-refractivity contribution in [3.8, 4) is 0 Å². The molecule has 3 N–H and O–H groups in total. The first-order chi connectivity index (χ1) is 14.8. The molecule has 1 amide bonds. The first-order valence-electron chi connectivity index (χ1n) is 10.7. The molecule has 3 heterocycles. The Kier molecular flexibility index (Phi) is 5.17. The van der Waals surface area contributed by atoms with Crippen molar-refractivity contribution in [2.24, 2.45) is 5.92 Å². The van der Waals surface area contributed by atoms with Crippen molar-refractivity contribution in [3.05, 3.63) is 36.4 Å². The van der Waals surface area contributed by atoms with Crippen LogP contribution >= 0.6 is 0 Å². The number of carbonyl (C=O) groups excluding carboxylic acids is 1. The molecular formula is C21H26N8O. The highest BCUT2D eigenvalue weighted by Crippen LogP contribution is 2.42. The van der Waals surface area contributed by atoms with Crippen molar-refractivity contribution in [2.75, 3.05) is 23.7 Å². The van der Waals surface area contributed by atoms with Gasteiger partial charge in [-0.1, -0.05) is 6.42 Å². The summed E-state index contributed by atoms with van der Waals surface area (Å²) in [7, 11) is 0. The molecule has 2 aliphatic rings. The molecule has 9 nitrogen and oxygen atoms in total. The van der Waals surface area contributed by atoms with Crippen LogP contribution in [0.3, 0.4) is 0 Å². The van der Waals surface area contributed by atoms with Gasteiger partial charge < -0.3 is 16.0 Å². The average Bonchev–Trinajstić information content (AvgIpc) is 3.43. The molecule has 0 spiro atoms. The second-order valence-corrected chi connectivity index (χ2v) is 8.08. The van der Waals surface area contributed by atoms with E-state index in [2.05, 4.69) is 31.0 Å². The van der Waals surface area contributed by atoms with Crippen LogP contribution < -0.4 is 16.0 Å². The monoisotopic (exact) mass is 406 g/mol. The van der Waals surface area contributed by atoms with Gasteiger partial charge in [0.05, 0.1) is 11.9 Å². The van der Waals surface area contributed by atoms with E-state index in [4.69, 9.17) is 4.98 Å². The third kappa shape index (κ3) is 4.19. The highest BCUT2D eigenvalue weighted by atomic mass is 16.1. The highest BCUT2D eigenvalue weighted by molar-refractivity contribution is 5.79. The number of anilines is 3. The number of nitrogens with one attached hydrogen (secondary N) is 3. The van der Waals surface area contributed by atoms with E-state index in [1.54, 1.807) is 4.52 Å². The normalized spacial score (nSPS) is 16.3. The smallest absolute Gasteiger partial charge is 0.229 e. The van der Waals surface area contributed by atoms with Crippen LogP contribution in [0.1, 0.15) is 50.0 Å². The summed E-state index contributed by atoms with van der Waals surface area (Å²) in [5.41, 5.74) is 2.81. The average molecular weight is 406 g/mol. The number of carbonyl (C=O) groups is 1. The van der Waals surface area contributed by atoms with Gasteiger partial charge in [0.2, 0.25) is 11.9 Å². The van der Waals surface area contributed by atoms with Crippen LogP contribution in [-0.2, 0) is 4.79 Å². The third-order valence-corrected chi connectivity index (χ3v) is 5.79. The molecule has 0 saturated heterocycles. The zero-order chi connectivity index (χ0) is 20.3. The fraction of sp³-hybridized carbons (Fsp3) is 0.476. The van der Waals surface area contributed by atoms with Crippen molar-refractivity contribution in [2.45, 2.75) is 44.4 Å². The first-order valence-corrected chi connectivity index (χ1v) is 10.7. The fourth-order valence-corrected chi connectivity index (χ4v) is 3.63. The van der Waals surface area contributed by atoms with Gasteiger partial charge in [0.25, 0.3) is 0 Å². The molecule has 0 aliphatic heterocycles. The van der Waals surface area contributed by atoms with Crippen LogP contribution in [0.5, 0.6) is 0 Å². The van der Waals surface area contributed by atoms with E-state index in [1.165, 1.54) is 31.2 Å². The predicted molar refractivity (Wildman–Crippen MR) is 114 cm³/mol. The van der Waals surface area contributed by atoms with Gasteiger partial charge in [0.15, 0.2) is 5.65 Å². The Balaban J connectivity index is 1.20. The quantitative estimate of drug-likeness (QED) is 0.469. The standard InChI is InChI=1S/C21H26N8O/c30-20(15-3-1-4-15)23-10-2-9-22-19-17(14-5-6-14)11-24-21(28-19)27-16-7-8-18-25-13-26-29(18)12-16/h7-8,11-15H,1-6,9-10H2,(H,23,30)(H2,22,24,27,28). The van der Waals surface area contributed by atoms with Crippen LogP contribution in [0.2, 0.25) is 0 Å². The number of hydrogen-bond acceptors (Lipinski definition) is 7. The molecule has 9 heteroatoms. The largest absolute Gasteiger partial charge is 0.370 e. The molecule has 0 aromatic carbocycles. The van der Waals surface area contributed by atoms with Gasteiger partial charge >= 0.3 is 0 Å². The number of hydrogen-bond donors (Lipinski definition) is 3. The predicted octanol–water partition coefficient (Wildman–Crippen LogP) is 2.86. The minimum absolute atomic E-state index is 0.206. The van der Waals surface area contributed by atoms with Gasteiger partial charge in [-0.2, -0.15) is 10.1 Å². The maximum Gasteiger partial charge on any atom is 0.229 e. The Morgan fingerprint density at radius 1 is 1.13 bits per heavy atom. The number of aromatic nitrogens is 5. The van der Waals surface area contributed by atoms with Crippen molar-refractivity contribution in [1.82, 2.24) is 29.9 Å². The molecule has 30 heavy (non-hydrogen) atoms. The van der Waals surface area contributed by atoms with Crippen molar-refractivity contribution in [3.63, 3.8) is 0 Å². The molecular weight excluding hydrogens is 380 g/mol. The lowest BCUT2D eigenvalue weighted by Gasteiger charge is -2.24. The van der Waals surface area contributed by atoms with E-state index in [-0.39, 0.29) is 11.8 Å². The van der Waals surface area contributed by atoms with Crippen LogP contribution in [0.15, 0.2) is 30.9 Å². The molecule has 5 rings (SSSR count). The maximum atomic E-state index is 11.9. The Morgan fingerprint density at radius 2 is 2.03 bits per heavy atom. The van der Waals surface area contributed by atoms with Gasteiger partial charge in [0.1, 0.15) is 12.1 Å². The van der Waals surface area contributed by atoms with Gasteiger partial charge in [0, 0.05) is 30.8 Å². The summed E-state index contributed by atoms with van der Waals surface area (Å²) in [5, 5.41) is 13.9. The topological polar surface area (TPSA) is 109 Å². The molecule has 2 aliphatic carbocycles. The molecule has 2 fully saturated rings. The Bertz CT molecular complexity index is 1040. The second-order valence-electron chi connectivity index (χ2n) is 8.08. The van der Waals surface area contributed by atoms with Gasteiger partial charge in [-0.25, -0.2) is 14.5 Å². The summed E-state index contributed by atoms with van der Waals surface area (Å²) in [6, 6.07) is 3.82. The van der Waals surface area contributed by atoms with Gasteiger partial charge in [-0.3, -0.25) is 4.79 Å². The Labute approximate surface area is 174 Å². The minimum Gasteiger partial charge on any atom is -0.370 e. The molecule has 0 radical (unpaired) electrons. The lowest BCUT2D eigenvalue weighted by atomic mass is 9.85. The number of rotatable bonds is 9. The number of fused-ring (bicyclic) bond motifs is 1. The van der Waals surface area contributed by atoms with Crippen molar-refractivity contribution < 1.29 is 4.79 Å². The SMILES string of the molecule is O=C(NCCCNc1nc(Nc2ccc3ncnn3c2)ncc1C1CC1)C1CCC1. The van der Waals surface area contributed by atoms with E-state index in [1.807, 2.05) is 24.5 Å². The summed E-state index contributed by atoms with van der Waals surface area (Å²) < 4.78 is 1.71. The fourth-order valence-electron chi connectivity index (χ4n) is 3.63. The molecule has 0 atom stereocenters. The number of nitrogens with zero attached hydrogens (tertiary/aromatic N) is 5. The zero-order valence-corrected chi connectivity index (χ0v) is 16.8. The summed E-state index contributed by atoms with van der Waals surface area (Å²) in [6.45, 7) is 1.45. The second kappa shape index (κ2) is 8.25. The number of amides is 1.